The molecule has 0 N–H and O–H groups in total. The molecule has 0 unspecified atom stereocenters. The fraction of sp³-hybridized carbons (Fsp3) is 0. The quantitative estimate of drug-likeness (QED) is 0.259. The monoisotopic (exact) mass is 470 g/mol. The van der Waals surface area contributed by atoms with E-state index in [4.69, 9.17) is 20.2 Å². The van der Waals surface area contributed by atoms with Crippen molar-refractivity contribution < 1.29 is 30.7 Å². The van der Waals surface area contributed by atoms with Crippen LogP contribution in [0.3, 0.4) is 0 Å². The van der Waals surface area contributed by atoms with Crippen LogP contribution >= 0.6 is 20.2 Å². The SMILES string of the molecule is Fc1cccc(F)c1N=Cc1ccc(C=Nc2c(F)cccc2F)[n-]1.[Cl][Fe+][Cl]. The molecule has 0 fully saturated rings. The molecule has 0 saturated carbocycles. The van der Waals surface area contributed by atoms with Gasteiger partial charge in [0.1, 0.15) is 11.4 Å². The summed E-state index contributed by atoms with van der Waals surface area (Å²) in [6, 6.07) is 9.90. The third-order valence-corrected chi connectivity index (χ3v) is 3.21. The molecule has 0 bridgehead atoms. The summed E-state index contributed by atoms with van der Waals surface area (Å²) < 4.78 is 53.9. The summed E-state index contributed by atoms with van der Waals surface area (Å²) in [5.74, 6) is -3.17. The molecule has 0 atom stereocenters. The molecule has 2 aromatic carbocycles. The molecule has 3 rings (SSSR count). The molecular weight excluding hydrogens is 461 g/mol. The second-order valence-corrected chi connectivity index (χ2v) is 6.83. The van der Waals surface area contributed by atoms with Crippen LogP contribution in [0, 0.1) is 23.3 Å². The van der Waals surface area contributed by atoms with Gasteiger partial charge in [-0.2, -0.15) is 0 Å². The third kappa shape index (κ3) is 6.21. The average molecular weight is 471 g/mol. The van der Waals surface area contributed by atoms with Gasteiger partial charge in [0.15, 0.2) is 23.3 Å². The Morgan fingerprint density at radius 2 is 1.00 bits per heavy atom. The van der Waals surface area contributed by atoms with E-state index in [9.17, 15) is 17.6 Å². The zero-order chi connectivity index (χ0) is 20.5. The van der Waals surface area contributed by atoms with Gasteiger partial charge in [-0.15, -0.1) is 11.4 Å². The van der Waals surface area contributed by atoms with Gasteiger partial charge in [-0.3, -0.25) is 9.98 Å². The second-order valence-electron chi connectivity index (χ2n) is 5.00. The average Bonchev–Trinajstić information content (AvgIpc) is 3.09. The van der Waals surface area contributed by atoms with Crippen LogP contribution in [0.25, 0.3) is 0 Å². The number of benzene rings is 2. The maximum absolute atomic E-state index is 13.5. The summed E-state index contributed by atoms with van der Waals surface area (Å²) in [7, 11) is 9.53. The van der Waals surface area contributed by atoms with Crippen molar-refractivity contribution >= 4 is 44.0 Å². The molecule has 28 heavy (non-hydrogen) atoms. The summed E-state index contributed by atoms with van der Waals surface area (Å²) in [5, 5.41) is 0. The molecule has 0 saturated heterocycles. The first-order chi connectivity index (χ1) is 13.5. The maximum atomic E-state index is 13.5. The van der Waals surface area contributed by atoms with Crippen molar-refractivity contribution in [2.75, 3.05) is 0 Å². The van der Waals surface area contributed by atoms with E-state index in [0.717, 1.165) is 24.3 Å². The molecule has 0 aliphatic rings. The molecule has 10 heteroatoms. The van der Waals surface area contributed by atoms with Gasteiger partial charge in [-0.05, 0) is 24.3 Å². The Kier molecular flexibility index (Phi) is 8.73. The molecule has 0 radical (unpaired) electrons. The summed E-state index contributed by atoms with van der Waals surface area (Å²) in [6.07, 6.45) is 2.37. The Morgan fingerprint density at radius 3 is 1.32 bits per heavy atom. The standard InChI is InChI=1S/C18H10F4N3.2ClH.Fe/c19-13-3-1-4-14(20)17(13)23-9-11-7-8-12(25-11)10-24-18-15(21)5-2-6-16(18)22;;;/h1-10H;2*1H;/q-1;;;+3/p-2. The normalized spacial score (nSPS) is 11.1. The molecule has 3 aromatic rings. The van der Waals surface area contributed by atoms with Gasteiger partial charge in [-0.25, -0.2) is 17.6 Å². The number of aromatic nitrogens is 1. The number of hydrogen-bond acceptors (Lipinski definition) is 2. The minimum absolute atomic E-state index is 0.194. The first-order valence-corrected chi connectivity index (χ1v) is 10.4. The summed E-state index contributed by atoms with van der Waals surface area (Å²) >= 11 is 0.194. The number of aliphatic imine (C=N–C) groups is 2. The Morgan fingerprint density at radius 1 is 0.679 bits per heavy atom. The van der Waals surface area contributed by atoms with Crippen LogP contribution in [0.2, 0.25) is 0 Å². The van der Waals surface area contributed by atoms with Crippen molar-refractivity contribution in [3.8, 4) is 0 Å². The number of halogens is 6. The molecule has 0 aliphatic carbocycles. The molecule has 1 heterocycles. The van der Waals surface area contributed by atoms with Crippen LogP contribution in [0.4, 0.5) is 28.9 Å². The van der Waals surface area contributed by atoms with Crippen molar-refractivity contribution in [2.24, 2.45) is 9.98 Å². The van der Waals surface area contributed by atoms with Crippen molar-refractivity contribution in [1.82, 2.24) is 4.98 Å². The van der Waals surface area contributed by atoms with E-state index in [1.165, 1.54) is 36.7 Å². The van der Waals surface area contributed by atoms with E-state index in [0.29, 0.717) is 11.4 Å². The van der Waals surface area contributed by atoms with Crippen LogP contribution in [0.1, 0.15) is 11.4 Å². The number of rotatable bonds is 4. The van der Waals surface area contributed by atoms with E-state index >= 15 is 0 Å². The van der Waals surface area contributed by atoms with E-state index in [1.54, 1.807) is 0 Å². The molecule has 3 nitrogen and oxygen atoms in total. The van der Waals surface area contributed by atoms with Gasteiger partial charge in [0.25, 0.3) is 0 Å². The van der Waals surface area contributed by atoms with E-state index in [1.807, 2.05) is 0 Å². The molecule has 0 aliphatic heterocycles. The predicted octanol–water partition coefficient (Wildman–Crippen LogP) is 6.08. The Balaban J connectivity index is 0.000000878. The molecule has 0 amide bonds. The van der Waals surface area contributed by atoms with Gasteiger partial charge in [-0.1, -0.05) is 24.3 Å². The number of nitrogens with zero attached hydrogens (tertiary/aromatic N) is 3. The van der Waals surface area contributed by atoms with Crippen molar-refractivity contribution in [2.45, 2.75) is 0 Å². The summed E-state index contributed by atoms with van der Waals surface area (Å²) in [5.41, 5.74) is -0.209. The molecule has 1 aromatic heterocycles. The third-order valence-electron chi connectivity index (χ3n) is 3.21. The Bertz CT molecular complexity index is 876. The zero-order valence-electron chi connectivity index (χ0n) is 13.7. The van der Waals surface area contributed by atoms with Gasteiger partial charge >= 0.3 is 33.3 Å². The van der Waals surface area contributed by atoms with E-state index < -0.39 is 34.6 Å². The Labute approximate surface area is 172 Å². The van der Waals surface area contributed by atoms with Crippen molar-refractivity contribution in [3.05, 3.63) is 83.2 Å². The fourth-order valence-corrected chi connectivity index (χ4v) is 2.02. The molecule has 0 spiro atoms. The first kappa shape index (κ1) is 22.2. The van der Waals surface area contributed by atoms with Gasteiger partial charge < -0.3 is 4.98 Å². The van der Waals surface area contributed by atoms with E-state index in [2.05, 4.69) is 15.0 Å². The van der Waals surface area contributed by atoms with Gasteiger partial charge in [0, 0.05) is 12.4 Å². The number of hydrogen-bond donors (Lipinski definition) is 0. The summed E-state index contributed by atoms with van der Waals surface area (Å²) in [6.45, 7) is 0. The van der Waals surface area contributed by atoms with Crippen LogP contribution in [-0.2, 0) is 13.1 Å². The van der Waals surface area contributed by atoms with Crippen molar-refractivity contribution in [1.29, 1.82) is 0 Å². The van der Waals surface area contributed by atoms with Crippen LogP contribution in [0.15, 0.2) is 58.5 Å². The second kappa shape index (κ2) is 11.0. The molecule has 147 valence electrons. The van der Waals surface area contributed by atoms with Crippen LogP contribution in [0.5, 0.6) is 0 Å². The Hall–Kier alpha value is -2.12. The number of para-hydroxylation sites is 2. The van der Waals surface area contributed by atoms with Crippen LogP contribution < -0.4 is 4.98 Å². The summed E-state index contributed by atoms with van der Waals surface area (Å²) in [4.78, 5) is 11.5. The topological polar surface area (TPSA) is 38.8 Å². The fourth-order valence-electron chi connectivity index (χ4n) is 2.02. The first-order valence-electron chi connectivity index (χ1n) is 7.41. The van der Waals surface area contributed by atoms with Crippen molar-refractivity contribution in [3.63, 3.8) is 0 Å². The van der Waals surface area contributed by atoms with Gasteiger partial charge in [0.05, 0.1) is 0 Å². The van der Waals surface area contributed by atoms with Crippen LogP contribution in [-0.4, -0.2) is 12.4 Å². The predicted molar refractivity (Wildman–Crippen MR) is 98.7 cm³/mol. The minimum atomic E-state index is -0.792. The van der Waals surface area contributed by atoms with E-state index in [-0.39, 0.29) is 13.1 Å². The zero-order valence-corrected chi connectivity index (χ0v) is 16.4. The van der Waals surface area contributed by atoms with Gasteiger partial charge in [0.2, 0.25) is 0 Å². The molecular formula is C18H10Cl2F4FeN3.